The van der Waals surface area contributed by atoms with Crippen LogP contribution < -0.4 is 10.6 Å². The molecule has 0 bridgehead atoms. The number of rotatable bonds is 6. The van der Waals surface area contributed by atoms with Gasteiger partial charge in [0.05, 0.1) is 0 Å². The second-order valence-electron chi connectivity index (χ2n) is 5.84. The summed E-state index contributed by atoms with van der Waals surface area (Å²) in [6.45, 7) is 7.29. The second-order valence-corrected chi connectivity index (χ2v) is 5.84. The van der Waals surface area contributed by atoms with Gasteiger partial charge >= 0.3 is 0 Å². The predicted molar refractivity (Wildman–Crippen MR) is 81.3 cm³/mol. The van der Waals surface area contributed by atoms with Gasteiger partial charge in [-0.3, -0.25) is 4.79 Å². The monoisotopic (exact) mass is 292 g/mol. The minimum atomic E-state index is -0.169. The molecule has 0 spiro atoms. The van der Waals surface area contributed by atoms with Gasteiger partial charge in [0.2, 0.25) is 0 Å². The van der Waals surface area contributed by atoms with Gasteiger partial charge in [-0.25, -0.2) is 0 Å². The lowest BCUT2D eigenvalue weighted by Gasteiger charge is -2.33. The number of amides is 1. The van der Waals surface area contributed by atoms with E-state index < -0.39 is 0 Å². The SMILES string of the molecule is CCCNc1ccc(C(=O)NCC2(C)CCOCC2)nn1. The molecule has 1 aromatic rings. The van der Waals surface area contributed by atoms with Crippen molar-refractivity contribution in [3.05, 3.63) is 17.8 Å². The minimum absolute atomic E-state index is 0.115. The van der Waals surface area contributed by atoms with Crippen LogP contribution in [0.2, 0.25) is 0 Å². The van der Waals surface area contributed by atoms with Gasteiger partial charge < -0.3 is 15.4 Å². The lowest BCUT2D eigenvalue weighted by atomic mass is 9.82. The lowest BCUT2D eigenvalue weighted by Crippen LogP contribution is -2.39. The maximum absolute atomic E-state index is 12.1. The van der Waals surface area contributed by atoms with E-state index in [1.165, 1.54) is 0 Å². The summed E-state index contributed by atoms with van der Waals surface area (Å²) in [5.41, 5.74) is 0.469. The highest BCUT2D eigenvalue weighted by Crippen LogP contribution is 2.28. The molecular weight excluding hydrogens is 268 g/mol. The molecule has 0 radical (unpaired) electrons. The van der Waals surface area contributed by atoms with E-state index in [4.69, 9.17) is 4.74 Å². The molecular formula is C15H24N4O2. The molecule has 1 aliphatic rings. The van der Waals surface area contributed by atoms with Crippen molar-refractivity contribution in [2.45, 2.75) is 33.1 Å². The van der Waals surface area contributed by atoms with Crippen molar-refractivity contribution in [3.63, 3.8) is 0 Å². The van der Waals surface area contributed by atoms with Crippen LogP contribution in [0.15, 0.2) is 12.1 Å². The van der Waals surface area contributed by atoms with E-state index in [1.807, 2.05) is 0 Å². The largest absolute Gasteiger partial charge is 0.381 e. The Bertz CT molecular complexity index is 455. The number of carbonyl (C=O) groups excluding carboxylic acids is 1. The maximum atomic E-state index is 12.1. The van der Waals surface area contributed by atoms with Gasteiger partial charge in [-0.2, -0.15) is 0 Å². The third-order valence-corrected chi connectivity index (χ3v) is 3.83. The smallest absolute Gasteiger partial charge is 0.271 e. The van der Waals surface area contributed by atoms with Gasteiger partial charge in [0.15, 0.2) is 5.69 Å². The number of nitrogens with zero attached hydrogens (tertiary/aromatic N) is 2. The Morgan fingerprint density at radius 2 is 2.10 bits per heavy atom. The number of ether oxygens (including phenoxy) is 1. The molecule has 0 aliphatic carbocycles. The Morgan fingerprint density at radius 1 is 1.33 bits per heavy atom. The number of carbonyl (C=O) groups is 1. The van der Waals surface area contributed by atoms with E-state index in [2.05, 4.69) is 34.7 Å². The molecule has 1 aliphatic heterocycles. The Morgan fingerprint density at radius 3 is 2.71 bits per heavy atom. The van der Waals surface area contributed by atoms with Crippen molar-refractivity contribution in [2.24, 2.45) is 5.41 Å². The fraction of sp³-hybridized carbons (Fsp3) is 0.667. The fourth-order valence-corrected chi connectivity index (χ4v) is 2.23. The van der Waals surface area contributed by atoms with Crippen molar-refractivity contribution in [1.29, 1.82) is 0 Å². The van der Waals surface area contributed by atoms with Gasteiger partial charge in [0.25, 0.3) is 5.91 Å². The summed E-state index contributed by atoms with van der Waals surface area (Å²) in [6.07, 6.45) is 2.96. The molecule has 0 saturated carbocycles. The maximum Gasteiger partial charge on any atom is 0.271 e. The Balaban J connectivity index is 1.85. The topological polar surface area (TPSA) is 76.1 Å². The van der Waals surface area contributed by atoms with Gasteiger partial charge in [-0.1, -0.05) is 13.8 Å². The molecule has 2 heterocycles. The molecule has 116 valence electrons. The summed E-state index contributed by atoms with van der Waals surface area (Å²) >= 11 is 0. The molecule has 6 heteroatoms. The van der Waals surface area contributed by atoms with Crippen LogP contribution in [0.4, 0.5) is 5.82 Å². The molecule has 0 unspecified atom stereocenters. The molecule has 1 fully saturated rings. The first-order chi connectivity index (χ1) is 10.1. The summed E-state index contributed by atoms with van der Waals surface area (Å²) in [4.78, 5) is 12.1. The van der Waals surface area contributed by atoms with E-state index in [0.717, 1.165) is 39.0 Å². The lowest BCUT2D eigenvalue weighted by molar-refractivity contribution is 0.0238. The average molecular weight is 292 g/mol. The van der Waals surface area contributed by atoms with Crippen molar-refractivity contribution < 1.29 is 9.53 Å². The number of anilines is 1. The van der Waals surface area contributed by atoms with Crippen molar-refractivity contribution in [3.8, 4) is 0 Å². The number of nitrogens with one attached hydrogen (secondary N) is 2. The van der Waals surface area contributed by atoms with Crippen LogP contribution in [0, 0.1) is 5.41 Å². The number of aromatic nitrogens is 2. The first-order valence-corrected chi connectivity index (χ1v) is 7.56. The molecule has 1 saturated heterocycles. The van der Waals surface area contributed by atoms with Crippen molar-refractivity contribution in [1.82, 2.24) is 15.5 Å². The normalized spacial score (nSPS) is 17.2. The number of hydrogen-bond donors (Lipinski definition) is 2. The number of hydrogen-bond acceptors (Lipinski definition) is 5. The van der Waals surface area contributed by atoms with Gasteiger partial charge in [0.1, 0.15) is 5.82 Å². The van der Waals surface area contributed by atoms with E-state index >= 15 is 0 Å². The predicted octanol–water partition coefficient (Wildman–Crippen LogP) is 1.84. The van der Waals surface area contributed by atoms with Gasteiger partial charge in [-0.05, 0) is 36.8 Å². The van der Waals surface area contributed by atoms with Crippen molar-refractivity contribution in [2.75, 3.05) is 31.6 Å². The highest BCUT2D eigenvalue weighted by Gasteiger charge is 2.28. The highest BCUT2D eigenvalue weighted by atomic mass is 16.5. The molecule has 0 atom stereocenters. The standard InChI is InChI=1S/C15H24N4O2/c1-3-8-16-13-5-4-12(18-19-13)14(20)17-11-15(2)6-9-21-10-7-15/h4-5H,3,6-11H2,1-2H3,(H,16,19)(H,17,20). The Labute approximate surface area is 125 Å². The van der Waals surface area contributed by atoms with Crippen LogP contribution >= 0.6 is 0 Å². The van der Waals surface area contributed by atoms with Crippen LogP contribution in [0.25, 0.3) is 0 Å². The van der Waals surface area contributed by atoms with Crippen molar-refractivity contribution >= 4 is 11.7 Å². The second kappa shape index (κ2) is 7.36. The zero-order chi connectivity index (χ0) is 15.1. The fourth-order valence-electron chi connectivity index (χ4n) is 2.23. The van der Waals surface area contributed by atoms with Crippen LogP contribution in [0.3, 0.4) is 0 Å². The molecule has 1 amide bonds. The zero-order valence-electron chi connectivity index (χ0n) is 12.8. The summed E-state index contributed by atoms with van der Waals surface area (Å²) in [5, 5.41) is 14.1. The summed E-state index contributed by atoms with van der Waals surface area (Å²) in [6, 6.07) is 3.49. The molecule has 6 nitrogen and oxygen atoms in total. The summed E-state index contributed by atoms with van der Waals surface area (Å²) in [7, 11) is 0. The minimum Gasteiger partial charge on any atom is -0.381 e. The third-order valence-electron chi connectivity index (χ3n) is 3.83. The van der Waals surface area contributed by atoms with Crippen LogP contribution in [-0.4, -0.2) is 42.4 Å². The molecule has 21 heavy (non-hydrogen) atoms. The van der Waals surface area contributed by atoms with E-state index in [-0.39, 0.29) is 11.3 Å². The van der Waals surface area contributed by atoms with E-state index in [1.54, 1.807) is 12.1 Å². The van der Waals surface area contributed by atoms with Gasteiger partial charge in [-0.15, -0.1) is 10.2 Å². The molecule has 1 aromatic heterocycles. The first-order valence-electron chi connectivity index (χ1n) is 7.56. The average Bonchev–Trinajstić information content (AvgIpc) is 2.52. The third kappa shape index (κ3) is 4.67. The van der Waals surface area contributed by atoms with Crippen LogP contribution in [0.1, 0.15) is 43.6 Å². The molecule has 0 aromatic carbocycles. The Hall–Kier alpha value is -1.69. The van der Waals surface area contributed by atoms with Crippen LogP contribution in [-0.2, 0) is 4.74 Å². The quantitative estimate of drug-likeness (QED) is 0.836. The van der Waals surface area contributed by atoms with E-state index in [0.29, 0.717) is 18.1 Å². The van der Waals surface area contributed by atoms with E-state index in [9.17, 15) is 4.79 Å². The highest BCUT2D eigenvalue weighted by molar-refractivity contribution is 5.92. The zero-order valence-corrected chi connectivity index (χ0v) is 12.8. The molecule has 2 rings (SSSR count). The summed E-state index contributed by atoms with van der Waals surface area (Å²) < 4.78 is 5.36. The first kappa shape index (κ1) is 15.7. The van der Waals surface area contributed by atoms with Gasteiger partial charge in [0, 0.05) is 26.3 Å². The Kier molecular flexibility index (Phi) is 5.50. The molecule has 2 N–H and O–H groups in total. The summed E-state index contributed by atoms with van der Waals surface area (Å²) in [5.74, 6) is 0.530. The van der Waals surface area contributed by atoms with Crippen LogP contribution in [0.5, 0.6) is 0 Å².